The minimum Gasteiger partial charge on any atom is -0.384 e. The Morgan fingerprint density at radius 2 is 2.18 bits per heavy atom. The van der Waals surface area contributed by atoms with E-state index in [-0.39, 0.29) is 22.3 Å². The molecule has 86 valence electrons. The molecule has 0 aliphatic heterocycles. The number of nitrogens with one attached hydrogen (secondary N) is 1. The summed E-state index contributed by atoms with van der Waals surface area (Å²) in [5.74, 6) is 0.312. The van der Waals surface area contributed by atoms with Crippen molar-refractivity contribution in [3.8, 4) is 0 Å². The Balaban J connectivity index is 2.23. The summed E-state index contributed by atoms with van der Waals surface area (Å²) in [4.78, 5) is 19.6. The van der Waals surface area contributed by atoms with Crippen molar-refractivity contribution >= 4 is 29.1 Å². The van der Waals surface area contributed by atoms with Crippen molar-refractivity contribution in [3.63, 3.8) is 0 Å². The molecule has 2 heterocycles. The maximum Gasteiger partial charge on any atom is 0.258 e. The summed E-state index contributed by atoms with van der Waals surface area (Å²) in [5, 5.41) is 2.85. The van der Waals surface area contributed by atoms with Crippen molar-refractivity contribution < 1.29 is 4.79 Å². The summed E-state index contributed by atoms with van der Waals surface area (Å²) in [6, 6.07) is 6.62. The molecule has 3 N–H and O–H groups in total. The Labute approximate surface area is 103 Å². The molecule has 6 heteroatoms. The predicted octanol–water partition coefficient (Wildman–Crippen LogP) is 1.96. The third-order valence-corrected chi connectivity index (χ3v) is 2.33. The first-order chi connectivity index (χ1) is 8.16. The molecule has 0 fully saturated rings. The molecule has 0 saturated heterocycles. The molecule has 0 bridgehead atoms. The lowest BCUT2D eigenvalue weighted by Crippen LogP contribution is -2.14. The Bertz CT molecular complexity index is 544. The second-order valence-electron chi connectivity index (χ2n) is 3.26. The molecule has 0 radical (unpaired) electrons. The van der Waals surface area contributed by atoms with Crippen molar-refractivity contribution in [2.24, 2.45) is 0 Å². The molecule has 0 spiro atoms. The van der Waals surface area contributed by atoms with Crippen LogP contribution in [0, 0.1) is 0 Å². The molecule has 0 aromatic carbocycles. The minimum absolute atomic E-state index is 0.237. The van der Waals surface area contributed by atoms with E-state index < -0.39 is 0 Å². The number of carbonyl (C=O) groups is 1. The molecular formula is C11H9ClN4O. The summed E-state index contributed by atoms with van der Waals surface area (Å²) in [5.41, 5.74) is 5.76. The van der Waals surface area contributed by atoms with E-state index in [0.29, 0.717) is 5.82 Å². The van der Waals surface area contributed by atoms with Crippen LogP contribution in [0.3, 0.4) is 0 Å². The minimum atomic E-state index is -0.372. The lowest BCUT2D eigenvalue weighted by atomic mass is 10.2. The van der Waals surface area contributed by atoms with Gasteiger partial charge >= 0.3 is 0 Å². The SMILES string of the molecule is Nc1cc(C(=O)Nc2ccccn2)c(Cl)cn1. The predicted molar refractivity (Wildman–Crippen MR) is 65.8 cm³/mol. The summed E-state index contributed by atoms with van der Waals surface area (Å²) >= 11 is 5.86. The second-order valence-corrected chi connectivity index (χ2v) is 3.67. The summed E-state index contributed by atoms with van der Waals surface area (Å²) in [7, 11) is 0. The first-order valence-electron chi connectivity index (χ1n) is 4.80. The van der Waals surface area contributed by atoms with Crippen LogP contribution >= 0.6 is 11.6 Å². The number of amides is 1. The Hall–Kier alpha value is -2.14. The highest BCUT2D eigenvalue weighted by molar-refractivity contribution is 6.34. The molecule has 2 rings (SSSR count). The highest BCUT2D eigenvalue weighted by Crippen LogP contribution is 2.17. The van der Waals surface area contributed by atoms with Gasteiger partial charge in [-0.15, -0.1) is 0 Å². The zero-order valence-corrected chi connectivity index (χ0v) is 9.48. The molecule has 0 saturated carbocycles. The van der Waals surface area contributed by atoms with Gasteiger partial charge in [-0.1, -0.05) is 17.7 Å². The number of rotatable bonds is 2. The van der Waals surface area contributed by atoms with Gasteiger partial charge in [0.05, 0.1) is 10.6 Å². The van der Waals surface area contributed by atoms with Crippen molar-refractivity contribution in [3.05, 3.63) is 47.2 Å². The lowest BCUT2D eigenvalue weighted by Gasteiger charge is -2.05. The van der Waals surface area contributed by atoms with Gasteiger partial charge in [0, 0.05) is 12.4 Å². The number of anilines is 2. The van der Waals surface area contributed by atoms with Gasteiger partial charge in [-0.05, 0) is 18.2 Å². The fourth-order valence-corrected chi connectivity index (χ4v) is 1.44. The standard InChI is InChI=1S/C11H9ClN4O/c12-8-6-15-9(13)5-7(8)11(17)16-10-3-1-2-4-14-10/h1-6H,(H2,13,15)(H,14,16,17). The smallest absolute Gasteiger partial charge is 0.258 e. The van der Waals surface area contributed by atoms with E-state index in [4.69, 9.17) is 17.3 Å². The number of nitrogen functional groups attached to an aromatic ring is 1. The van der Waals surface area contributed by atoms with Gasteiger partial charge in [0.1, 0.15) is 11.6 Å². The fraction of sp³-hybridized carbons (Fsp3) is 0. The van der Waals surface area contributed by atoms with Gasteiger partial charge in [-0.2, -0.15) is 0 Å². The van der Waals surface area contributed by atoms with Crippen LogP contribution in [0.1, 0.15) is 10.4 Å². The fourth-order valence-electron chi connectivity index (χ4n) is 1.25. The Kier molecular flexibility index (Phi) is 3.20. The number of aromatic nitrogens is 2. The number of carbonyl (C=O) groups excluding carboxylic acids is 1. The maximum atomic E-state index is 11.9. The largest absolute Gasteiger partial charge is 0.384 e. The summed E-state index contributed by atoms with van der Waals surface area (Å²) in [6.07, 6.45) is 2.92. The Morgan fingerprint density at radius 3 is 2.88 bits per heavy atom. The normalized spacial score (nSPS) is 9.94. The summed E-state index contributed by atoms with van der Waals surface area (Å²) < 4.78 is 0. The highest BCUT2D eigenvalue weighted by Gasteiger charge is 2.11. The molecule has 0 aliphatic carbocycles. The zero-order chi connectivity index (χ0) is 12.3. The van der Waals surface area contributed by atoms with Gasteiger partial charge in [0.2, 0.25) is 0 Å². The molecule has 2 aromatic rings. The van der Waals surface area contributed by atoms with Gasteiger partial charge < -0.3 is 11.1 Å². The van der Waals surface area contributed by atoms with Crippen LogP contribution in [-0.4, -0.2) is 15.9 Å². The van der Waals surface area contributed by atoms with Crippen LogP contribution in [0.2, 0.25) is 5.02 Å². The van der Waals surface area contributed by atoms with Gasteiger partial charge in [-0.25, -0.2) is 9.97 Å². The molecule has 17 heavy (non-hydrogen) atoms. The molecule has 0 atom stereocenters. The van der Waals surface area contributed by atoms with Crippen LogP contribution in [-0.2, 0) is 0 Å². The molecule has 1 amide bonds. The second kappa shape index (κ2) is 4.80. The third kappa shape index (κ3) is 2.70. The van der Waals surface area contributed by atoms with Crippen molar-refractivity contribution in [1.29, 1.82) is 0 Å². The van der Waals surface area contributed by atoms with E-state index in [1.165, 1.54) is 12.3 Å². The van der Waals surface area contributed by atoms with Crippen LogP contribution in [0.4, 0.5) is 11.6 Å². The van der Waals surface area contributed by atoms with E-state index in [1.54, 1.807) is 24.4 Å². The molecule has 2 aromatic heterocycles. The average Bonchev–Trinajstić information content (AvgIpc) is 2.33. The molecule has 0 unspecified atom stereocenters. The quantitative estimate of drug-likeness (QED) is 0.851. The van der Waals surface area contributed by atoms with Crippen LogP contribution < -0.4 is 11.1 Å². The lowest BCUT2D eigenvalue weighted by molar-refractivity contribution is 0.102. The van der Waals surface area contributed by atoms with E-state index in [0.717, 1.165) is 0 Å². The number of halogens is 1. The van der Waals surface area contributed by atoms with E-state index in [9.17, 15) is 4.79 Å². The first-order valence-corrected chi connectivity index (χ1v) is 5.18. The number of hydrogen-bond donors (Lipinski definition) is 2. The van der Waals surface area contributed by atoms with E-state index >= 15 is 0 Å². The van der Waals surface area contributed by atoms with Crippen molar-refractivity contribution in [2.75, 3.05) is 11.1 Å². The van der Waals surface area contributed by atoms with Crippen LogP contribution in [0.25, 0.3) is 0 Å². The van der Waals surface area contributed by atoms with E-state index in [1.807, 2.05) is 0 Å². The number of hydrogen-bond acceptors (Lipinski definition) is 4. The molecular weight excluding hydrogens is 240 g/mol. The average molecular weight is 249 g/mol. The highest BCUT2D eigenvalue weighted by atomic mass is 35.5. The van der Waals surface area contributed by atoms with Crippen molar-refractivity contribution in [1.82, 2.24) is 9.97 Å². The van der Waals surface area contributed by atoms with Gasteiger partial charge in [0.15, 0.2) is 0 Å². The van der Waals surface area contributed by atoms with Gasteiger partial charge in [0.25, 0.3) is 5.91 Å². The Morgan fingerprint density at radius 1 is 1.35 bits per heavy atom. The number of pyridine rings is 2. The van der Waals surface area contributed by atoms with Gasteiger partial charge in [-0.3, -0.25) is 4.79 Å². The zero-order valence-electron chi connectivity index (χ0n) is 8.72. The topological polar surface area (TPSA) is 80.9 Å². The van der Waals surface area contributed by atoms with Crippen LogP contribution in [0.15, 0.2) is 36.7 Å². The summed E-state index contributed by atoms with van der Waals surface area (Å²) in [6.45, 7) is 0. The monoisotopic (exact) mass is 248 g/mol. The number of nitrogens with zero attached hydrogens (tertiary/aromatic N) is 2. The molecule has 5 nitrogen and oxygen atoms in total. The van der Waals surface area contributed by atoms with Crippen molar-refractivity contribution in [2.45, 2.75) is 0 Å². The third-order valence-electron chi connectivity index (χ3n) is 2.03. The maximum absolute atomic E-state index is 11.9. The molecule has 0 aliphatic rings. The number of nitrogens with two attached hydrogens (primary N) is 1. The van der Waals surface area contributed by atoms with Crippen LogP contribution in [0.5, 0.6) is 0 Å². The first kappa shape index (κ1) is 11.3. The van der Waals surface area contributed by atoms with E-state index in [2.05, 4.69) is 15.3 Å².